The van der Waals surface area contributed by atoms with Crippen LogP contribution in [0.2, 0.25) is 0 Å². The summed E-state index contributed by atoms with van der Waals surface area (Å²) >= 11 is 0. The number of primary amides is 1. The summed E-state index contributed by atoms with van der Waals surface area (Å²) in [6.45, 7) is 0.140. The molecule has 2 N–H and O–H groups in total. The first-order chi connectivity index (χ1) is 6.22. The fraction of sp³-hybridized carbons (Fsp3) is 0.111. The van der Waals surface area contributed by atoms with Gasteiger partial charge in [0.1, 0.15) is 6.61 Å². The van der Waals surface area contributed by atoms with Crippen LogP contribution in [0.1, 0.15) is 11.1 Å². The number of rotatable bonds is 2. The molecule has 1 amide bonds. The third-order valence-corrected chi connectivity index (χ3v) is 1.46. The summed E-state index contributed by atoms with van der Waals surface area (Å²) < 4.78 is 4.56. The molecular formula is C9H8N2O2. The largest absolute Gasteiger partial charge is 0.445 e. The van der Waals surface area contributed by atoms with Gasteiger partial charge >= 0.3 is 6.09 Å². The Morgan fingerprint density at radius 1 is 1.46 bits per heavy atom. The second-order valence-electron chi connectivity index (χ2n) is 2.42. The average Bonchev–Trinajstić information content (AvgIpc) is 2.15. The van der Waals surface area contributed by atoms with Crippen molar-refractivity contribution in [3.8, 4) is 6.07 Å². The molecule has 0 aliphatic heterocycles. The van der Waals surface area contributed by atoms with E-state index in [0.717, 1.165) is 5.56 Å². The molecule has 66 valence electrons. The number of carbonyl (C=O) groups excluding carboxylic acids is 1. The fourth-order valence-electron chi connectivity index (χ4n) is 0.830. The molecule has 0 saturated heterocycles. The molecule has 13 heavy (non-hydrogen) atoms. The minimum absolute atomic E-state index is 0.140. The van der Waals surface area contributed by atoms with Gasteiger partial charge in [-0.05, 0) is 17.7 Å². The van der Waals surface area contributed by atoms with Crippen LogP contribution in [0.4, 0.5) is 4.79 Å². The van der Waals surface area contributed by atoms with Crippen LogP contribution in [0.3, 0.4) is 0 Å². The van der Waals surface area contributed by atoms with Crippen LogP contribution >= 0.6 is 0 Å². The van der Waals surface area contributed by atoms with Gasteiger partial charge in [0.2, 0.25) is 0 Å². The van der Waals surface area contributed by atoms with Gasteiger partial charge in [-0.15, -0.1) is 0 Å². The van der Waals surface area contributed by atoms with Gasteiger partial charge in [0.15, 0.2) is 0 Å². The number of nitriles is 1. The molecule has 1 aromatic carbocycles. The summed E-state index contributed by atoms with van der Waals surface area (Å²) in [4.78, 5) is 10.2. The molecule has 0 bridgehead atoms. The van der Waals surface area contributed by atoms with Crippen molar-refractivity contribution in [3.63, 3.8) is 0 Å². The van der Waals surface area contributed by atoms with Gasteiger partial charge in [0.05, 0.1) is 11.6 Å². The van der Waals surface area contributed by atoms with E-state index in [2.05, 4.69) is 4.74 Å². The topological polar surface area (TPSA) is 76.1 Å². The molecule has 0 fully saturated rings. The van der Waals surface area contributed by atoms with E-state index in [-0.39, 0.29) is 6.61 Å². The van der Waals surface area contributed by atoms with Gasteiger partial charge < -0.3 is 10.5 Å². The van der Waals surface area contributed by atoms with Crippen LogP contribution in [0.25, 0.3) is 0 Å². The Morgan fingerprint density at radius 3 is 2.54 bits per heavy atom. The Labute approximate surface area is 75.5 Å². The minimum Gasteiger partial charge on any atom is -0.445 e. The summed E-state index contributed by atoms with van der Waals surface area (Å²) in [5.41, 5.74) is 6.16. The third-order valence-electron chi connectivity index (χ3n) is 1.46. The highest BCUT2D eigenvalue weighted by molar-refractivity contribution is 5.64. The first kappa shape index (κ1) is 9.07. The number of hydrogen-bond donors (Lipinski definition) is 1. The third kappa shape index (κ3) is 2.83. The average molecular weight is 176 g/mol. The van der Waals surface area contributed by atoms with Crippen molar-refractivity contribution in [1.29, 1.82) is 5.26 Å². The molecule has 1 rings (SSSR count). The molecule has 0 atom stereocenters. The quantitative estimate of drug-likeness (QED) is 0.734. The van der Waals surface area contributed by atoms with Crippen molar-refractivity contribution < 1.29 is 9.53 Å². The van der Waals surface area contributed by atoms with Crippen molar-refractivity contribution in [1.82, 2.24) is 0 Å². The lowest BCUT2D eigenvalue weighted by Crippen LogP contribution is -2.12. The SMILES string of the molecule is N#Cc1ccc(COC(N)=O)cc1. The Morgan fingerprint density at radius 2 is 2.08 bits per heavy atom. The van der Waals surface area contributed by atoms with E-state index >= 15 is 0 Å². The number of amides is 1. The fourth-order valence-corrected chi connectivity index (χ4v) is 0.830. The predicted octanol–water partition coefficient (Wildman–Crippen LogP) is 1.15. The summed E-state index contributed by atoms with van der Waals surface area (Å²) in [6, 6.07) is 8.71. The first-order valence-corrected chi connectivity index (χ1v) is 3.63. The number of benzene rings is 1. The van der Waals surface area contributed by atoms with Crippen molar-refractivity contribution >= 4 is 6.09 Å². The highest BCUT2D eigenvalue weighted by Crippen LogP contribution is 2.04. The van der Waals surface area contributed by atoms with Gasteiger partial charge in [-0.3, -0.25) is 0 Å². The van der Waals surface area contributed by atoms with Crippen molar-refractivity contribution in [2.75, 3.05) is 0 Å². The van der Waals surface area contributed by atoms with Crippen molar-refractivity contribution in [2.24, 2.45) is 5.73 Å². The van der Waals surface area contributed by atoms with Gasteiger partial charge in [-0.2, -0.15) is 5.26 Å². The Hall–Kier alpha value is -2.02. The van der Waals surface area contributed by atoms with E-state index in [1.807, 2.05) is 6.07 Å². The maximum absolute atomic E-state index is 10.2. The number of hydrogen-bond acceptors (Lipinski definition) is 3. The van der Waals surface area contributed by atoms with E-state index in [9.17, 15) is 4.79 Å². The second kappa shape index (κ2) is 4.12. The lowest BCUT2D eigenvalue weighted by atomic mass is 10.2. The highest BCUT2D eigenvalue weighted by Gasteiger charge is 1.96. The molecule has 0 unspecified atom stereocenters. The lowest BCUT2D eigenvalue weighted by Gasteiger charge is -2.00. The number of ether oxygens (including phenoxy) is 1. The molecule has 0 spiro atoms. The van der Waals surface area contributed by atoms with Crippen molar-refractivity contribution in [3.05, 3.63) is 35.4 Å². The van der Waals surface area contributed by atoms with Gasteiger partial charge in [-0.1, -0.05) is 12.1 Å². The molecule has 0 aliphatic carbocycles. The molecule has 4 heteroatoms. The molecular weight excluding hydrogens is 168 g/mol. The highest BCUT2D eigenvalue weighted by atomic mass is 16.5. The molecule has 0 heterocycles. The molecule has 1 aromatic rings. The predicted molar refractivity (Wildman–Crippen MR) is 45.5 cm³/mol. The van der Waals surface area contributed by atoms with E-state index in [1.54, 1.807) is 24.3 Å². The zero-order valence-electron chi connectivity index (χ0n) is 6.86. The van der Waals surface area contributed by atoms with Crippen LogP contribution in [0.5, 0.6) is 0 Å². The van der Waals surface area contributed by atoms with Gasteiger partial charge in [0.25, 0.3) is 0 Å². The number of nitrogens with two attached hydrogens (primary N) is 1. The van der Waals surface area contributed by atoms with Gasteiger partial charge in [-0.25, -0.2) is 4.79 Å². The summed E-state index contributed by atoms with van der Waals surface area (Å²) in [5.74, 6) is 0. The second-order valence-corrected chi connectivity index (χ2v) is 2.42. The summed E-state index contributed by atoms with van der Waals surface area (Å²) in [5, 5.41) is 8.49. The molecule has 0 aliphatic rings. The van der Waals surface area contributed by atoms with Gasteiger partial charge in [0, 0.05) is 0 Å². The van der Waals surface area contributed by atoms with E-state index in [0.29, 0.717) is 5.56 Å². The Kier molecular flexibility index (Phi) is 2.87. The number of nitrogens with zero attached hydrogens (tertiary/aromatic N) is 1. The minimum atomic E-state index is -0.802. The number of carbonyl (C=O) groups is 1. The smallest absolute Gasteiger partial charge is 0.404 e. The van der Waals surface area contributed by atoms with E-state index < -0.39 is 6.09 Å². The zero-order chi connectivity index (χ0) is 9.68. The zero-order valence-corrected chi connectivity index (χ0v) is 6.86. The van der Waals surface area contributed by atoms with Crippen LogP contribution in [-0.2, 0) is 11.3 Å². The Balaban J connectivity index is 2.60. The summed E-state index contributed by atoms with van der Waals surface area (Å²) in [6.07, 6.45) is -0.802. The van der Waals surface area contributed by atoms with Crippen LogP contribution in [0, 0.1) is 11.3 Å². The molecule has 0 radical (unpaired) electrons. The summed E-state index contributed by atoms with van der Waals surface area (Å²) in [7, 11) is 0. The van der Waals surface area contributed by atoms with Crippen molar-refractivity contribution in [2.45, 2.75) is 6.61 Å². The van der Waals surface area contributed by atoms with E-state index in [4.69, 9.17) is 11.0 Å². The normalized spacial score (nSPS) is 8.85. The Bertz CT molecular complexity index is 338. The molecule has 0 aromatic heterocycles. The van der Waals surface area contributed by atoms with Crippen LogP contribution < -0.4 is 5.73 Å². The maximum atomic E-state index is 10.2. The van der Waals surface area contributed by atoms with Crippen LogP contribution in [0.15, 0.2) is 24.3 Å². The van der Waals surface area contributed by atoms with E-state index in [1.165, 1.54) is 0 Å². The monoisotopic (exact) mass is 176 g/mol. The maximum Gasteiger partial charge on any atom is 0.404 e. The standard InChI is InChI=1S/C9H8N2O2/c10-5-7-1-3-8(4-2-7)6-13-9(11)12/h1-4H,6H2,(H2,11,12). The first-order valence-electron chi connectivity index (χ1n) is 3.63. The van der Waals surface area contributed by atoms with Crippen LogP contribution in [-0.4, -0.2) is 6.09 Å². The molecule has 0 saturated carbocycles. The molecule has 4 nitrogen and oxygen atoms in total. The lowest BCUT2D eigenvalue weighted by molar-refractivity contribution is 0.150.